The average molecular weight is 520 g/mol. The van der Waals surface area contributed by atoms with Crippen LogP contribution in [0.3, 0.4) is 0 Å². The minimum atomic E-state index is -3.84. The van der Waals surface area contributed by atoms with Crippen molar-refractivity contribution in [3.8, 4) is 0 Å². The number of amides is 2. The van der Waals surface area contributed by atoms with Crippen LogP contribution in [0.1, 0.15) is 19.3 Å². The van der Waals surface area contributed by atoms with Gasteiger partial charge in [0.25, 0.3) is 0 Å². The highest BCUT2D eigenvalue weighted by Crippen LogP contribution is 2.24. The van der Waals surface area contributed by atoms with Gasteiger partial charge >= 0.3 is 6.03 Å². The number of hydrogen-bond acceptors (Lipinski definition) is 5. The zero-order valence-electron chi connectivity index (χ0n) is 17.4. The smallest absolute Gasteiger partial charge is 0.319 e. The van der Waals surface area contributed by atoms with E-state index in [0.717, 1.165) is 6.07 Å². The maximum atomic E-state index is 13.3. The van der Waals surface area contributed by atoms with E-state index in [-0.39, 0.29) is 24.2 Å². The number of urea groups is 1. The molecule has 8 nitrogen and oxygen atoms in total. The predicted molar refractivity (Wildman–Crippen MR) is 124 cm³/mol. The molecule has 0 aliphatic carbocycles. The maximum Gasteiger partial charge on any atom is 0.319 e. The number of halogens is 3. The Morgan fingerprint density at radius 3 is 2.55 bits per heavy atom. The summed E-state index contributed by atoms with van der Waals surface area (Å²) in [4.78, 5) is 12.2. The Hall–Kier alpha value is -1.95. The molecule has 1 heterocycles. The first-order valence-electron chi connectivity index (χ1n) is 10.2. The number of hydrogen-bond donors (Lipinski definition) is 4. The molecule has 1 saturated heterocycles. The van der Waals surface area contributed by atoms with Crippen molar-refractivity contribution >= 4 is 44.9 Å². The van der Waals surface area contributed by atoms with Crippen molar-refractivity contribution in [2.24, 2.45) is 0 Å². The molecule has 3 rings (SSSR count). The molecule has 12 heteroatoms. The van der Waals surface area contributed by atoms with Crippen LogP contribution in [0.15, 0.2) is 47.4 Å². The zero-order chi connectivity index (χ0) is 24.0. The SMILES string of the molecule is O=C(Nc1cc(Cl)cc(Cl)c1)N[C@@H]1CC[C@H](CCNS(=O)(=O)c2cccc(F)c2)O[C@@H]1CO. The van der Waals surface area contributed by atoms with Gasteiger partial charge in [-0.25, -0.2) is 22.3 Å². The number of nitrogens with one attached hydrogen (secondary N) is 3. The molecule has 0 unspecified atom stereocenters. The van der Waals surface area contributed by atoms with E-state index in [1.165, 1.54) is 18.2 Å². The van der Waals surface area contributed by atoms with Gasteiger partial charge in [0.1, 0.15) is 11.9 Å². The summed E-state index contributed by atoms with van der Waals surface area (Å²) in [5, 5.41) is 15.9. The molecule has 180 valence electrons. The molecule has 0 bridgehead atoms. The van der Waals surface area contributed by atoms with Crippen LogP contribution in [0.25, 0.3) is 0 Å². The second-order valence-corrected chi connectivity index (χ2v) is 10.2. The van der Waals surface area contributed by atoms with E-state index in [9.17, 15) is 22.7 Å². The molecule has 4 N–H and O–H groups in total. The Morgan fingerprint density at radius 1 is 1.15 bits per heavy atom. The first-order chi connectivity index (χ1) is 15.7. The summed E-state index contributed by atoms with van der Waals surface area (Å²) in [6, 6.07) is 8.45. The number of carbonyl (C=O) groups is 1. The molecule has 2 amide bonds. The predicted octanol–water partition coefficient (Wildman–Crippen LogP) is 3.53. The Bertz CT molecular complexity index is 1070. The van der Waals surface area contributed by atoms with Crippen LogP contribution in [0.2, 0.25) is 10.0 Å². The Balaban J connectivity index is 1.48. The number of sulfonamides is 1. The summed E-state index contributed by atoms with van der Waals surface area (Å²) in [5.74, 6) is -0.639. The molecule has 1 aliphatic heterocycles. The van der Waals surface area contributed by atoms with Gasteiger partial charge < -0.3 is 20.5 Å². The van der Waals surface area contributed by atoms with Crippen molar-refractivity contribution in [1.82, 2.24) is 10.0 Å². The van der Waals surface area contributed by atoms with Crippen molar-refractivity contribution in [3.05, 3.63) is 58.3 Å². The molecule has 2 aromatic rings. The van der Waals surface area contributed by atoms with Gasteiger partial charge in [0.15, 0.2) is 0 Å². The lowest BCUT2D eigenvalue weighted by Crippen LogP contribution is -2.52. The monoisotopic (exact) mass is 519 g/mol. The standard InChI is InChI=1S/C21H24Cl2FN3O5S/c22-13-8-14(23)10-16(9-13)26-21(29)27-19-5-4-17(32-20(19)12-28)6-7-25-33(30,31)18-3-1-2-15(24)11-18/h1-3,8-11,17,19-20,25,28H,4-7,12H2,(H2,26,27,29)/t17-,19-,20-/m1/s1. The van der Waals surface area contributed by atoms with E-state index >= 15 is 0 Å². The molecular formula is C21H24Cl2FN3O5S. The summed E-state index contributed by atoms with van der Waals surface area (Å²) in [6.07, 6.45) is 0.454. The van der Waals surface area contributed by atoms with Gasteiger partial charge in [0.2, 0.25) is 10.0 Å². The van der Waals surface area contributed by atoms with Gasteiger partial charge in [-0.05, 0) is 55.7 Å². The van der Waals surface area contributed by atoms with E-state index in [1.807, 2.05) is 0 Å². The fraction of sp³-hybridized carbons (Fsp3) is 0.381. The van der Waals surface area contributed by atoms with E-state index < -0.39 is 34.0 Å². The van der Waals surface area contributed by atoms with Crippen LogP contribution in [-0.2, 0) is 14.8 Å². The first kappa shape index (κ1) is 25.7. The van der Waals surface area contributed by atoms with Gasteiger partial charge in [0.05, 0.1) is 23.6 Å². The third-order valence-corrected chi connectivity index (χ3v) is 6.99. The highest BCUT2D eigenvalue weighted by atomic mass is 35.5. The number of anilines is 1. The maximum absolute atomic E-state index is 13.3. The lowest BCUT2D eigenvalue weighted by molar-refractivity contribution is -0.0884. The van der Waals surface area contributed by atoms with Gasteiger partial charge in [-0.15, -0.1) is 0 Å². The van der Waals surface area contributed by atoms with E-state index in [2.05, 4.69) is 15.4 Å². The third-order valence-electron chi connectivity index (χ3n) is 5.10. The number of rotatable bonds is 8. The molecule has 0 saturated carbocycles. The van der Waals surface area contributed by atoms with Crippen LogP contribution < -0.4 is 15.4 Å². The third kappa shape index (κ3) is 7.53. The van der Waals surface area contributed by atoms with Crippen LogP contribution in [0.5, 0.6) is 0 Å². The largest absolute Gasteiger partial charge is 0.394 e. The molecule has 0 aromatic heterocycles. The van der Waals surface area contributed by atoms with E-state index in [4.69, 9.17) is 27.9 Å². The first-order valence-corrected chi connectivity index (χ1v) is 12.5. The summed E-state index contributed by atoms with van der Waals surface area (Å²) in [6.45, 7) is -0.241. The average Bonchev–Trinajstić information content (AvgIpc) is 2.73. The number of benzene rings is 2. The van der Waals surface area contributed by atoms with Crippen molar-refractivity contribution < 1.29 is 27.4 Å². The van der Waals surface area contributed by atoms with Crippen LogP contribution in [-0.4, -0.2) is 51.0 Å². The summed E-state index contributed by atoms with van der Waals surface area (Å²) in [7, 11) is -3.84. The van der Waals surface area contributed by atoms with E-state index in [0.29, 0.717) is 35.0 Å². The molecule has 0 radical (unpaired) electrons. The Labute approximate surface area is 201 Å². The van der Waals surface area contributed by atoms with E-state index in [1.54, 1.807) is 18.2 Å². The van der Waals surface area contributed by atoms with Gasteiger partial charge in [-0.2, -0.15) is 0 Å². The lowest BCUT2D eigenvalue weighted by Gasteiger charge is -2.36. The summed E-state index contributed by atoms with van der Waals surface area (Å²) < 4.78 is 46.1. The second kappa shape index (κ2) is 11.5. The topological polar surface area (TPSA) is 117 Å². The number of ether oxygens (including phenoxy) is 1. The van der Waals surface area contributed by atoms with Crippen molar-refractivity contribution in [1.29, 1.82) is 0 Å². The van der Waals surface area contributed by atoms with Crippen molar-refractivity contribution in [2.45, 2.75) is 42.4 Å². The van der Waals surface area contributed by atoms with Gasteiger partial charge in [-0.1, -0.05) is 29.3 Å². The highest BCUT2D eigenvalue weighted by Gasteiger charge is 2.32. The molecule has 1 aliphatic rings. The number of carbonyl (C=O) groups excluding carboxylic acids is 1. The minimum Gasteiger partial charge on any atom is -0.394 e. The molecule has 2 aromatic carbocycles. The second-order valence-electron chi connectivity index (χ2n) is 7.56. The van der Waals surface area contributed by atoms with Crippen LogP contribution in [0.4, 0.5) is 14.9 Å². The van der Waals surface area contributed by atoms with Crippen molar-refractivity contribution in [2.75, 3.05) is 18.5 Å². The minimum absolute atomic E-state index is 0.0791. The fourth-order valence-electron chi connectivity index (χ4n) is 3.54. The van der Waals surface area contributed by atoms with Gasteiger partial charge in [-0.3, -0.25) is 0 Å². The highest BCUT2D eigenvalue weighted by molar-refractivity contribution is 7.89. The fourth-order valence-corrected chi connectivity index (χ4v) is 5.15. The Morgan fingerprint density at radius 2 is 1.88 bits per heavy atom. The van der Waals surface area contributed by atoms with Gasteiger partial charge in [0, 0.05) is 22.3 Å². The zero-order valence-corrected chi connectivity index (χ0v) is 19.8. The Kier molecular flexibility index (Phi) is 8.91. The lowest BCUT2D eigenvalue weighted by atomic mass is 9.97. The molecule has 0 spiro atoms. The van der Waals surface area contributed by atoms with Crippen LogP contribution >= 0.6 is 23.2 Å². The molecule has 33 heavy (non-hydrogen) atoms. The van der Waals surface area contributed by atoms with Crippen LogP contribution in [0, 0.1) is 5.82 Å². The molecule has 3 atom stereocenters. The number of aliphatic hydroxyl groups is 1. The number of aliphatic hydroxyl groups excluding tert-OH is 1. The summed E-state index contributed by atoms with van der Waals surface area (Å²) >= 11 is 11.9. The quantitative estimate of drug-likeness (QED) is 0.425. The summed E-state index contributed by atoms with van der Waals surface area (Å²) in [5.41, 5.74) is 0.422. The molecule has 1 fully saturated rings. The van der Waals surface area contributed by atoms with Crippen molar-refractivity contribution in [3.63, 3.8) is 0 Å². The normalized spacial score (nSPS) is 20.9. The molecular weight excluding hydrogens is 496 g/mol.